The summed E-state index contributed by atoms with van der Waals surface area (Å²) >= 11 is 0. The fourth-order valence-corrected chi connectivity index (χ4v) is 2.05. The molecule has 2 N–H and O–H groups in total. The second-order valence-corrected chi connectivity index (χ2v) is 5.11. The lowest BCUT2D eigenvalue weighted by Crippen LogP contribution is -2.34. The molecule has 0 saturated heterocycles. The van der Waals surface area contributed by atoms with Gasteiger partial charge in [-0.1, -0.05) is 0 Å². The molecule has 0 saturated carbocycles. The molecule has 0 aliphatic carbocycles. The summed E-state index contributed by atoms with van der Waals surface area (Å²) in [6.45, 7) is 7.89. The summed E-state index contributed by atoms with van der Waals surface area (Å²) in [4.78, 5) is 14.3. The van der Waals surface area contributed by atoms with Gasteiger partial charge in [0.2, 0.25) is 0 Å². The lowest BCUT2D eigenvalue weighted by atomic mass is 10.1. The van der Waals surface area contributed by atoms with Gasteiger partial charge in [0.25, 0.3) is 5.91 Å². The van der Waals surface area contributed by atoms with E-state index in [4.69, 9.17) is 4.74 Å². The highest BCUT2D eigenvalue weighted by Crippen LogP contribution is 2.14. The first-order valence-electron chi connectivity index (χ1n) is 7.38. The maximum atomic E-state index is 12.2. The standard InChI is InChI=1S/C16H27N3O2/c1-5-17-14-6-7-15(13(2)12-14)16(20)18-8-9-19(3)10-11-21-4/h6-7,12,17H,5,8-11H2,1-4H3,(H,18,20). The number of methoxy groups -OCH3 is 1. The monoisotopic (exact) mass is 293 g/mol. The molecule has 21 heavy (non-hydrogen) atoms. The van der Waals surface area contributed by atoms with Crippen molar-refractivity contribution in [3.05, 3.63) is 29.3 Å². The Morgan fingerprint density at radius 3 is 2.71 bits per heavy atom. The van der Waals surface area contributed by atoms with Crippen molar-refractivity contribution < 1.29 is 9.53 Å². The van der Waals surface area contributed by atoms with E-state index in [9.17, 15) is 4.79 Å². The predicted octanol–water partition coefficient (Wildman–Crippen LogP) is 1.73. The van der Waals surface area contributed by atoms with Crippen LogP contribution in [0.5, 0.6) is 0 Å². The summed E-state index contributed by atoms with van der Waals surface area (Å²) in [5, 5.41) is 6.20. The van der Waals surface area contributed by atoms with Crippen LogP contribution in [0.4, 0.5) is 5.69 Å². The molecule has 0 aromatic heterocycles. The Bertz CT molecular complexity index is 449. The molecule has 1 amide bonds. The van der Waals surface area contributed by atoms with Crippen LogP contribution < -0.4 is 10.6 Å². The van der Waals surface area contributed by atoms with Crippen LogP contribution in [0, 0.1) is 6.92 Å². The average Bonchev–Trinajstić information content (AvgIpc) is 2.45. The summed E-state index contributed by atoms with van der Waals surface area (Å²) in [6, 6.07) is 5.82. The molecule has 1 aromatic rings. The lowest BCUT2D eigenvalue weighted by molar-refractivity contribution is 0.0947. The van der Waals surface area contributed by atoms with Crippen molar-refractivity contribution in [2.24, 2.45) is 0 Å². The van der Waals surface area contributed by atoms with E-state index >= 15 is 0 Å². The number of benzene rings is 1. The molecule has 5 heteroatoms. The van der Waals surface area contributed by atoms with Crippen LogP contribution in [0.1, 0.15) is 22.8 Å². The Morgan fingerprint density at radius 2 is 2.10 bits per heavy atom. The van der Waals surface area contributed by atoms with Crippen LogP contribution in [0.3, 0.4) is 0 Å². The van der Waals surface area contributed by atoms with E-state index in [0.29, 0.717) is 13.2 Å². The van der Waals surface area contributed by atoms with E-state index in [-0.39, 0.29) is 5.91 Å². The molecule has 0 aliphatic rings. The Morgan fingerprint density at radius 1 is 1.33 bits per heavy atom. The molecule has 0 aliphatic heterocycles. The lowest BCUT2D eigenvalue weighted by Gasteiger charge is -2.16. The first-order chi connectivity index (χ1) is 10.1. The first kappa shape index (κ1) is 17.5. The van der Waals surface area contributed by atoms with Gasteiger partial charge in [0, 0.05) is 44.5 Å². The zero-order valence-corrected chi connectivity index (χ0v) is 13.5. The molecular weight excluding hydrogens is 266 g/mol. The Labute approximate surface area is 127 Å². The van der Waals surface area contributed by atoms with Gasteiger partial charge in [-0.15, -0.1) is 0 Å². The molecule has 0 radical (unpaired) electrons. The number of amides is 1. The Kier molecular flexibility index (Phi) is 7.79. The normalized spacial score (nSPS) is 10.7. The number of hydrogen-bond donors (Lipinski definition) is 2. The molecule has 1 rings (SSSR count). The maximum Gasteiger partial charge on any atom is 0.251 e. The third-order valence-electron chi connectivity index (χ3n) is 3.31. The SMILES string of the molecule is CCNc1ccc(C(=O)NCCN(C)CCOC)c(C)c1. The van der Waals surface area contributed by atoms with Gasteiger partial charge in [-0.2, -0.15) is 0 Å². The van der Waals surface area contributed by atoms with Gasteiger partial charge in [0.15, 0.2) is 0 Å². The largest absolute Gasteiger partial charge is 0.385 e. The second-order valence-electron chi connectivity index (χ2n) is 5.11. The quantitative estimate of drug-likeness (QED) is 0.728. The Hall–Kier alpha value is -1.59. The van der Waals surface area contributed by atoms with Gasteiger partial charge < -0.3 is 20.3 Å². The van der Waals surface area contributed by atoms with Crippen LogP contribution in [-0.2, 0) is 4.74 Å². The molecule has 0 atom stereocenters. The number of aryl methyl sites for hydroxylation is 1. The topological polar surface area (TPSA) is 53.6 Å². The van der Waals surface area contributed by atoms with Crippen molar-refractivity contribution in [2.45, 2.75) is 13.8 Å². The highest BCUT2D eigenvalue weighted by Gasteiger charge is 2.09. The number of anilines is 1. The molecule has 118 valence electrons. The fraction of sp³-hybridized carbons (Fsp3) is 0.562. The van der Waals surface area contributed by atoms with Gasteiger partial charge >= 0.3 is 0 Å². The first-order valence-corrected chi connectivity index (χ1v) is 7.38. The second kappa shape index (κ2) is 9.37. The number of nitrogens with zero attached hydrogens (tertiary/aromatic N) is 1. The van der Waals surface area contributed by atoms with E-state index in [1.54, 1.807) is 7.11 Å². The number of likely N-dealkylation sites (N-methyl/N-ethyl adjacent to an activating group) is 1. The highest BCUT2D eigenvalue weighted by molar-refractivity contribution is 5.96. The van der Waals surface area contributed by atoms with Crippen molar-refractivity contribution in [1.82, 2.24) is 10.2 Å². The van der Waals surface area contributed by atoms with Gasteiger partial charge in [0.05, 0.1) is 6.61 Å². The molecule has 5 nitrogen and oxygen atoms in total. The molecule has 0 fully saturated rings. The van der Waals surface area contributed by atoms with Crippen LogP contribution >= 0.6 is 0 Å². The summed E-state index contributed by atoms with van der Waals surface area (Å²) in [5.74, 6) is -0.0179. The fourth-order valence-electron chi connectivity index (χ4n) is 2.05. The van der Waals surface area contributed by atoms with Gasteiger partial charge in [-0.3, -0.25) is 4.79 Å². The number of carbonyl (C=O) groups is 1. The third kappa shape index (κ3) is 6.14. The van der Waals surface area contributed by atoms with Gasteiger partial charge in [-0.25, -0.2) is 0 Å². The Balaban J connectivity index is 2.45. The van der Waals surface area contributed by atoms with E-state index in [1.807, 2.05) is 32.2 Å². The zero-order chi connectivity index (χ0) is 15.7. The average molecular weight is 293 g/mol. The van der Waals surface area contributed by atoms with E-state index in [2.05, 4.69) is 22.5 Å². The van der Waals surface area contributed by atoms with Gasteiger partial charge in [-0.05, 0) is 44.7 Å². The maximum absolute atomic E-state index is 12.2. The minimum atomic E-state index is -0.0179. The van der Waals surface area contributed by atoms with Crippen molar-refractivity contribution in [1.29, 1.82) is 0 Å². The summed E-state index contributed by atoms with van der Waals surface area (Å²) in [7, 11) is 3.71. The van der Waals surface area contributed by atoms with Crippen LogP contribution in [-0.4, -0.2) is 57.8 Å². The molecule has 0 spiro atoms. The third-order valence-corrected chi connectivity index (χ3v) is 3.31. The molecule has 1 aromatic carbocycles. The molecule has 0 bridgehead atoms. The van der Waals surface area contributed by atoms with Crippen molar-refractivity contribution in [3.63, 3.8) is 0 Å². The van der Waals surface area contributed by atoms with Crippen molar-refractivity contribution >= 4 is 11.6 Å². The molecule has 0 unspecified atom stereocenters. The van der Waals surface area contributed by atoms with Gasteiger partial charge in [0.1, 0.15) is 0 Å². The number of carbonyl (C=O) groups excluding carboxylic acids is 1. The zero-order valence-electron chi connectivity index (χ0n) is 13.5. The van der Waals surface area contributed by atoms with Crippen LogP contribution in [0.25, 0.3) is 0 Å². The highest BCUT2D eigenvalue weighted by atomic mass is 16.5. The summed E-state index contributed by atoms with van der Waals surface area (Å²) < 4.78 is 5.02. The minimum absolute atomic E-state index is 0.0179. The molecule has 0 heterocycles. The van der Waals surface area contributed by atoms with Crippen molar-refractivity contribution in [3.8, 4) is 0 Å². The van der Waals surface area contributed by atoms with Crippen LogP contribution in [0.2, 0.25) is 0 Å². The van der Waals surface area contributed by atoms with E-state index < -0.39 is 0 Å². The number of ether oxygens (including phenoxy) is 1. The van der Waals surface area contributed by atoms with Crippen LogP contribution in [0.15, 0.2) is 18.2 Å². The smallest absolute Gasteiger partial charge is 0.251 e. The number of nitrogens with one attached hydrogen (secondary N) is 2. The van der Waals surface area contributed by atoms with Crippen molar-refractivity contribution in [2.75, 3.05) is 52.3 Å². The molecular formula is C16H27N3O2. The predicted molar refractivity (Wildman–Crippen MR) is 87.0 cm³/mol. The summed E-state index contributed by atoms with van der Waals surface area (Å²) in [5.41, 5.74) is 2.76. The number of hydrogen-bond acceptors (Lipinski definition) is 4. The van der Waals surface area contributed by atoms with E-state index in [0.717, 1.165) is 36.4 Å². The number of rotatable bonds is 9. The summed E-state index contributed by atoms with van der Waals surface area (Å²) in [6.07, 6.45) is 0. The van der Waals surface area contributed by atoms with E-state index in [1.165, 1.54) is 0 Å². The minimum Gasteiger partial charge on any atom is -0.385 e.